The third-order valence-corrected chi connectivity index (χ3v) is 6.67. The van der Waals surface area contributed by atoms with Gasteiger partial charge in [-0.2, -0.15) is 13.2 Å². The van der Waals surface area contributed by atoms with Gasteiger partial charge in [-0.05, 0) is 44.1 Å². The van der Waals surface area contributed by atoms with Crippen molar-refractivity contribution in [3.63, 3.8) is 0 Å². The first-order valence-corrected chi connectivity index (χ1v) is 13.4. The standard InChI is InChI=1S/C23H42N4O6.C2HF3O2/c1-4-15(2)19(22(31)33-3)27-20(28)18(14-16-10-6-5-7-11-16)26-23(32)25-17(21(29)30)12-8-9-13-24;3-2(4,5)1(6)7/h15-19H,4-14,24H2,1-3H3,(H,27,28)(H,29,30)(H2,25,26,32);(H,6,7)/t15-,17-,18+,19?;/m0./s1. The van der Waals surface area contributed by atoms with Crippen LogP contribution in [0.25, 0.3) is 0 Å². The van der Waals surface area contributed by atoms with Gasteiger partial charge in [0.05, 0.1) is 7.11 Å². The first kappa shape index (κ1) is 36.9. The lowest BCUT2D eigenvalue weighted by Crippen LogP contribution is -2.57. The molecule has 0 aromatic carbocycles. The van der Waals surface area contributed by atoms with Gasteiger partial charge >= 0.3 is 30.1 Å². The smallest absolute Gasteiger partial charge is 0.480 e. The van der Waals surface area contributed by atoms with Crippen LogP contribution >= 0.6 is 0 Å². The topological polar surface area (TPSA) is 197 Å². The number of unbranched alkanes of at least 4 members (excludes halogenated alkanes) is 1. The van der Waals surface area contributed by atoms with E-state index in [1.807, 2.05) is 13.8 Å². The van der Waals surface area contributed by atoms with E-state index in [0.717, 1.165) is 32.1 Å². The summed E-state index contributed by atoms with van der Waals surface area (Å²) in [6, 6.07) is -3.50. The van der Waals surface area contributed by atoms with Crippen molar-refractivity contribution in [3.8, 4) is 0 Å². The quantitative estimate of drug-likeness (QED) is 0.131. The average molecular weight is 585 g/mol. The summed E-state index contributed by atoms with van der Waals surface area (Å²) in [7, 11) is 1.27. The molecule has 0 aromatic heterocycles. The molecule has 0 aromatic rings. The largest absolute Gasteiger partial charge is 0.490 e. The number of nitrogens with one attached hydrogen (secondary N) is 3. The van der Waals surface area contributed by atoms with Crippen LogP contribution in [0, 0.1) is 11.8 Å². The SMILES string of the molecule is CC[C@H](C)C(NC(=O)[C@@H](CC1CCCCC1)NC(=O)N[C@@H](CCCCN)C(=O)O)C(=O)OC.O=C(O)C(F)(F)F. The van der Waals surface area contributed by atoms with Crippen molar-refractivity contribution < 1.29 is 52.1 Å². The molecule has 0 heterocycles. The van der Waals surface area contributed by atoms with Crippen molar-refractivity contribution >= 4 is 29.8 Å². The second-order valence-electron chi connectivity index (χ2n) is 9.78. The number of esters is 1. The number of carboxylic acids is 2. The number of hydrogen-bond acceptors (Lipinski definition) is 7. The molecule has 3 amide bonds. The van der Waals surface area contributed by atoms with Gasteiger partial charge in [-0.25, -0.2) is 19.2 Å². The predicted octanol–water partition coefficient (Wildman–Crippen LogP) is 2.54. The minimum Gasteiger partial charge on any atom is -0.480 e. The molecule has 7 N–H and O–H groups in total. The number of urea groups is 1. The van der Waals surface area contributed by atoms with Gasteiger partial charge in [-0.15, -0.1) is 0 Å². The number of rotatable bonds is 14. The molecule has 1 fully saturated rings. The molecule has 15 heteroatoms. The number of nitrogens with two attached hydrogens (primary N) is 1. The lowest BCUT2D eigenvalue weighted by atomic mass is 9.84. The van der Waals surface area contributed by atoms with Gasteiger partial charge in [0.1, 0.15) is 18.1 Å². The van der Waals surface area contributed by atoms with Gasteiger partial charge in [0.2, 0.25) is 5.91 Å². The predicted molar refractivity (Wildman–Crippen MR) is 138 cm³/mol. The average Bonchev–Trinajstić information content (AvgIpc) is 2.90. The molecule has 1 saturated carbocycles. The normalized spacial score (nSPS) is 16.7. The first-order chi connectivity index (χ1) is 18.7. The van der Waals surface area contributed by atoms with E-state index >= 15 is 0 Å². The fraction of sp³-hybridized carbons (Fsp3) is 0.800. The molecule has 1 aliphatic carbocycles. The van der Waals surface area contributed by atoms with Gasteiger partial charge in [0.25, 0.3) is 0 Å². The zero-order valence-electron chi connectivity index (χ0n) is 23.2. The number of halogens is 3. The van der Waals surface area contributed by atoms with E-state index in [0.29, 0.717) is 32.2 Å². The van der Waals surface area contributed by atoms with Crippen LogP contribution < -0.4 is 21.7 Å². The molecule has 1 aliphatic rings. The number of alkyl halides is 3. The Hall–Kier alpha value is -3.10. The number of aliphatic carboxylic acids is 2. The van der Waals surface area contributed by atoms with E-state index < -0.39 is 54.1 Å². The van der Waals surface area contributed by atoms with Gasteiger partial charge in [0.15, 0.2) is 0 Å². The molecule has 0 aliphatic heterocycles. The molecule has 0 radical (unpaired) electrons. The van der Waals surface area contributed by atoms with Gasteiger partial charge in [0, 0.05) is 0 Å². The zero-order chi connectivity index (χ0) is 30.9. The maximum atomic E-state index is 13.1. The highest BCUT2D eigenvalue weighted by Gasteiger charge is 2.38. The highest BCUT2D eigenvalue weighted by atomic mass is 19.4. The van der Waals surface area contributed by atoms with E-state index in [4.69, 9.17) is 20.4 Å². The molecule has 0 spiro atoms. The molecule has 0 bridgehead atoms. The fourth-order valence-electron chi connectivity index (χ4n) is 4.15. The molecule has 232 valence electrons. The Morgan fingerprint density at radius 1 is 0.975 bits per heavy atom. The number of hydrogen-bond donors (Lipinski definition) is 6. The summed E-state index contributed by atoms with van der Waals surface area (Å²) < 4.78 is 36.6. The number of carbonyl (C=O) groups excluding carboxylic acids is 3. The minimum atomic E-state index is -5.08. The highest BCUT2D eigenvalue weighted by Crippen LogP contribution is 2.27. The molecule has 40 heavy (non-hydrogen) atoms. The Labute approximate surface area is 231 Å². The molecule has 12 nitrogen and oxygen atoms in total. The summed E-state index contributed by atoms with van der Waals surface area (Å²) in [5, 5.41) is 24.4. The van der Waals surface area contributed by atoms with Crippen LogP contribution in [0.2, 0.25) is 0 Å². The van der Waals surface area contributed by atoms with Gasteiger partial charge in [-0.3, -0.25) is 4.79 Å². The third-order valence-electron chi connectivity index (χ3n) is 6.67. The van der Waals surface area contributed by atoms with E-state index in [1.54, 1.807) is 0 Å². The van der Waals surface area contributed by atoms with Crippen LogP contribution in [0.5, 0.6) is 0 Å². The third kappa shape index (κ3) is 14.9. The van der Waals surface area contributed by atoms with Crippen LogP contribution in [0.3, 0.4) is 0 Å². The van der Waals surface area contributed by atoms with Gasteiger partial charge in [-0.1, -0.05) is 52.4 Å². The van der Waals surface area contributed by atoms with E-state index in [-0.39, 0.29) is 18.3 Å². The summed E-state index contributed by atoms with van der Waals surface area (Å²) in [4.78, 5) is 58.4. The van der Waals surface area contributed by atoms with Crippen molar-refractivity contribution in [2.75, 3.05) is 13.7 Å². The number of carboxylic acid groups (broad SMARTS) is 2. The van der Waals surface area contributed by atoms with E-state index in [1.165, 1.54) is 7.11 Å². The van der Waals surface area contributed by atoms with Crippen LogP contribution in [0.1, 0.15) is 78.1 Å². The van der Waals surface area contributed by atoms with Crippen LogP contribution in [-0.2, 0) is 23.9 Å². The van der Waals surface area contributed by atoms with Crippen molar-refractivity contribution in [2.45, 2.75) is 102 Å². The van der Waals surface area contributed by atoms with Crippen LogP contribution in [0.15, 0.2) is 0 Å². The second-order valence-corrected chi connectivity index (χ2v) is 9.78. The molecule has 4 atom stereocenters. The second kappa shape index (κ2) is 19.1. The van der Waals surface area contributed by atoms with Crippen molar-refractivity contribution in [2.24, 2.45) is 17.6 Å². The van der Waals surface area contributed by atoms with Crippen molar-refractivity contribution in [3.05, 3.63) is 0 Å². The Morgan fingerprint density at radius 3 is 1.98 bits per heavy atom. The maximum absolute atomic E-state index is 13.1. The fourth-order valence-corrected chi connectivity index (χ4v) is 4.15. The lowest BCUT2D eigenvalue weighted by molar-refractivity contribution is -0.192. The molecular weight excluding hydrogens is 541 g/mol. The number of methoxy groups -OCH3 is 1. The highest BCUT2D eigenvalue weighted by molar-refractivity contribution is 5.91. The molecule has 1 rings (SSSR count). The zero-order valence-corrected chi connectivity index (χ0v) is 23.2. The first-order valence-electron chi connectivity index (χ1n) is 13.4. The van der Waals surface area contributed by atoms with E-state index in [2.05, 4.69) is 16.0 Å². The number of carbonyl (C=O) groups is 5. The van der Waals surface area contributed by atoms with Gasteiger partial charge < -0.3 is 36.6 Å². The minimum absolute atomic E-state index is 0.149. The molecular formula is C25H43F3N4O8. The lowest BCUT2D eigenvalue weighted by Gasteiger charge is -2.29. The Balaban J connectivity index is 0.00000191. The van der Waals surface area contributed by atoms with E-state index in [9.17, 15) is 37.5 Å². The van der Waals surface area contributed by atoms with Crippen LogP contribution in [-0.4, -0.2) is 78.0 Å². The maximum Gasteiger partial charge on any atom is 0.490 e. The Morgan fingerprint density at radius 2 is 1.52 bits per heavy atom. The summed E-state index contributed by atoms with van der Waals surface area (Å²) in [5.74, 6) is -4.78. The summed E-state index contributed by atoms with van der Waals surface area (Å²) in [6.07, 6.45) is 2.71. The van der Waals surface area contributed by atoms with Crippen molar-refractivity contribution in [1.29, 1.82) is 0 Å². The molecule has 1 unspecified atom stereocenters. The monoisotopic (exact) mass is 584 g/mol. The number of amides is 3. The number of ether oxygens (including phenoxy) is 1. The summed E-state index contributed by atoms with van der Waals surface area (Å²) in [6.45, 7) is 4.20. The van der Waals surface area contributed by atoms with Crippen LogP contribution in [0.4, 0.5) is 18.0 Å². The Bertz CT molecular complexity index is 822. The molecule has 0 saturated heterocycles. The Kier molecular flexibility index (Phi) is 17.6. The summed E-state index contributed by atoms with van der Waals surface area (Å²) in [5.41, 5.74) is 5.46. The summed E-state index contributed by atoms with van der Waals surface area (Å²) >= 11 is 0. The van der Waals surface area contributed by atoms with Crippen molar-refractivity contribution in [1.82, 2.24) is 16.0 Å².